The molecule has 0 saturated heterocycles. The van der Waals surface area contributed by atoms with E-state index in [1.807, 2.05) is 0 Å². The number of nitrogens with two attached hydrogens (primary N) is 1. The van der Waals surface area contributed by atoms with Crippen molar-refractivity contribution in [3.8, 4) is 0 Å². The smallest absolute Gasteiger partial charge is 0.321 e. The van der Waals surface area contributed by atoms with Gasteiger partial charge >= 0.3 is 11.9 Å². The van der Waals surface area contributed by atoms with Gasteiger partial charge in [-0.25, -0.2) is 0 Å². The van der Waals surface area contributed by atoms with Crippen molar-refractivity contribution in [1.29, 1.82) is 0 Å². The molecule has 10 heavy (non-hydrogen) atoms. The topological polar surface area (TPSA) is 101 Å². The molecule has 0 aliphatic rings. The molecule has 0 spiro atoms. The number of carboxylic acid groups (broad SMARTS) is 2. The molecule has 0 amide bonds. The minimum absolute atomic E-state index is 0. The molecule has 6 heteroatoms. The molecule has 5 nitrogen and oxygen atoms in total. The molecule has 0 heterocycles. The van der Waals surface area contributed by atoms with E-state index in [9.17, 15) is 9.59 Å². The Bertz CT molecular complexity index is 137. The van der Waals surface area contributed by atoms with Gasteiger partial charge in [-0.15, -0.1) is 0 Å². The Kier molecular flexibility index (Phi) is 6.30. The molecule has 0 aliphatic heterocycles. The maximum atomic E-state index is 9.85. The van der Waals surface area contributed by atoms with Crippen LogP contribution in [0.15, 0.2) is 0 Å². The normalized spacial score (nSPS) is 11.3. The van der Waals surface area contributed by atoms with Crippen molar-refractivity contribution >= 4 is 11.9 Å². The fraction of sp³-hybridized carbons (Fsp3) is 0.500. The molecule has 0 aromatic rings. The molecule has 4 N–H and O–H groups in total. The Hall–Kier alpha value is -0.606. The third kappa shape index (κ3) is 5.53. The van der Waals surface area contributed by atoms with Gasteiger partial charge in [0.15, 0.2) is 0 Å². The Morgan fingerprint density at radius 2 is 1.80 bits per heavy atom. The van der Waals surface area contributed by atoms with Crippen molar-refractivity contribution in [2.24, 2.45) is 5.73 Å². The van der Waals surface area contributed by atoms with E-state index in [1.54, 1.807) is 0 Å². The van der Waals surface area contributed by atoms with Gasteiger partial charge in [0.25, 0.3) is 0 Å². The summed E-state index contributed by atoms with van der Waals surface area (Å²) in [6, 6.07) is -1.29. The summed E-state index contributed by atoms with van der Waals surface area (Å²) in [5.41, 5.74) is 4.84. The summed E-state index contributed by atoms with van der Waals surface area (Å²) in [5, 5.41) is 16.0. The fourth-order valence-electron chi connectivity index (χ4n) is 0.275. The molecular formula is C4H7NNiO4. The van der Waals surface area contributed by atoms with Crippen molar-refractivity contribution in [2.45, 2.75) is 12.5 Å². The van der Waals surface area contributed by atoms with Crippen LogP contribution in [0.25, 0.3) is 0 Å². The SMILES string of the molecule is N[C@H](CC(=O)O)C(=O)O.[Ni]. The zero-order chi connectivity index (χ0) is 7.44. The van der Waals surface area contributed by atoms with Crippen molar-refractivity contribution in [3.63, 3.8) is 0 Å². The van der Waals surface area contributed by atoms with Gasteiger partial charge in [-0.1, -0.05) is 0 Å². The predicted octanol–water partition coefficient (Wildman–Crippen LogP) is -1.13. The van der Waals surface area contributed by atoms with E-state index in [-0.39, 0.29) is 16.5 Å². The molecular weight excluding hydrogens is 185 g/mol. The Balaban J connectivity index is 0. The maximum absolute atomic E-state index is 9.85. The van der Waals surface area contributed by atoms with Crippen molar-refractivity contribution in [3.05, 3.63) is 0 Å². The van der Waals surface area contributed by atoms with E-state index < -0.39 is 24.4 Å². The Morgan fingerprint density at radius 1 is 1.40 bits per heavy atom. The summed E-state index contributed by atoms with van der Waals surface area (Å²) in [4.78, 5) is 19.6. The molecule has 0 saturated carbocycles. The van der Waals surface area contributed by atoms with Crippen LogP contribution in [0, 0.1) is 0 Å². The summed E-state index contributed by atoms with van der Waals surface area (Å²) >= 11 is 0. The second-order valence-electron chi connectivity index (χ2n) is 1.54. The molecule has 62 valence electrons. The van der Waals surface area contributed by atoms with Crippen LogP contribution in [-0.2, 0) is 26.1 Å². The van der Waals surface area contributed by atoms with Crippen LogP contribution < -0.4 is 5.73 Å². The van der Waals surface area contributed by atoms with Crippen molar-refractivity contribution in [1.82, 2.24) is 0 Å². The van der Waals surface area contributed by atoms with Crippen molar-refractivity contribution < 1.29 is 36.3 Å². The third-order valence-corrected chi connectivity index (χ3v) is 0.712. The number of aliphatic carboxylic acids is 2. The standard InChI is InChI=1S/C4H7NO4.Ni/c5-2(4(8)9)1-3(6)7;/h2H,1,5H2,(H,6,7)(H,8,9);/t2-;/m1./s1. The van der Waals surface area contributed by atoms with Crippen LogP contribution in [0.5, 0.6) is 0 Å². The molecule has 0 aromatic carbocycles. The van der Waals surface area contributed by atoms with E-state index in [1.165, 1.54) is 0 Å². The second kappa shape index (κ2) is 5.20. The van der Waals surface area contributed by atoms with Gasteiger partial charge in [0.2, 0.25) is 0 Å². The summed E-state index contributed by atoms with van der Waals surface area (Å²) in [5.74, 6) is -2.50. The van der Waals surface area contributed by atoms with Gasteiger partial charge in [0.1, 0.15) is 6.04 Å². The first kappa shape index (κ1) is 12.1. The largest absolute Gasteiger partial charge is 0.481 e. The number of hydrogen-bond donors (Lipinski definition) is 3. The van der Waals surface area contributed by atoms with Gasteiger partial charge in [0, 0.05) is 16.5 Å². The van der Waals surface area contributed by atoms with Crippen LogP contribution in [0.2, 0.25) is 0 Å². The summed E-state index contributed by atoms with van der Waals surface area (Å²) in [6.07, 6.45) is -0.532. The number of carbonyl (C=O) groups is 2. The monoisotopic (exact) mass is 191 g/mol. The molecule has 0 unspecified atom stereocenters. The van der Waals surface area contributed by atoms with Crippen LogP contribution in [0.4, 0.5) is 0 Å². The quantitative estimate of drug-likeness (QED) is 0.491. The van der Waals surface area contributed by atoms with Gasteiger partial charge in [0.05, 0.1) is 6.42 Å². The van der Waals surface area contributed by atoms with Crippen molar-refractivity contribution in [2.75, 3.05) is 0 Å². The molecule has 0 rings (SSSR count). The number of rotatable bonds is 3. The average Bonchev–Trinajstić information content (AvgIpc) is 1.63. The number of carboxylic acids is 2. The minimum atomic E-state index is -1.29. The zero-order valence-electron chi connectivity index (χ0n) is 4.89. The predicted molar refractivity (Wildman–Crippen MR) is 27.9 cm³/mol. The van der Waals surface area contributed by atoms with E-state index in [4.69, 9.17) is 15.9 Å². The zero-order valence-corrected chi connectivity index (χ0v) is 5.88. The van der Waals surface area contributed by atoms with E-state index in [0.29, 0.717) is 0 Å². The first-order valence-electron chi connectivity index (χ1n) is 2.24. The summed E-state index contributed by atoms with van der Waals surface area (Å²) in [7, 11) is 0. The third-order valence-electron chi connectivity index (χ3n) is 0.712. The van der Waals surface area contributed by atoms with E-state index in [0.717, 1.165) is 0 Å². The van der Waals surface area contributed by atoms with Gasteiger partial charge in [-0.05, 0) is 0 Å². The van der Waals surface area contributed by atoms with Crippen LogP contribution in [0.3, 0.4) is 0 Å². The Labute approximate surface area is 67.1 Å². The van der Waals surface area contributed by atoms with Gasteiger partial charge < -0.3 is 15.9 Å². The minimum Gasteiger partial charge on any atom is -0.481 e. The van der Waals surface area contributed by atoms with Gasteiger partial charge in [-0.2, -0.15) is 0 Å². The van der Waals surface area contributed by atoms with Crippen LogP contribution in [0.1, 0.15) is 6.42 Å². The first-order chi connectivity index (χ1) is 4.04. The van der Waals surface area contributed by atoms with E-state index >= 15 is 0 Å². The molecule has 0 radical (unpaired) electrons. The van der Waals surface area contributed by atoms with Gasteiger partial charge in [-0.3, -0.25) is 9.59 Å². The molecule has 0 bridgehead atoms. The van der Waals surface area contributed by atoms with Crippen LogP contribution >= 0.6 is 0 Å². The van der Waals surface area contributed by atoms with E-state index in [2.05, 4.69) is 0 Å². The van der Waals surface area contributed by atoms with Crippen LogP contribution in [-0.4, -0.2) is 28.2 Å². The second-order valence-corrected chi connectivity index (χ2v) is 1.54. The molecule has 0 aliphatic carbocycles. The maximum Gasteiger partial charge on any atom is 0.321 e. The summed E-state index contributed by atoms with van der Waals surface area (Å²) < 4.78 is 0. The average molecular weight is 192 g/mol. The molecule has 0 aromatic heterocycles. The molecule has 1 atom stereocenters. The first-order valence-corrected chi connectivity index (χ1v) is 2.24. The fourth-order valence-corrected chi connectivity index (χ4v) is 0.275. The Morgan fingerprint density at radius 3 is 1.90 bits per heavy atom. The molecule has 0 fully saturated rings. The number of hydrogen-bond acceptors (Lipinski definition) is 3. The summed E-state index contributed by atoms with van der Waals surface area (Å²) in [6.45, 7) is 0.